The van der Waals surface area contributed by atoms with Crippen LogP contribution in [-0.2, 0) is 24.4 Å². The molecule has 37 heavy (non-hydrogen) atoms. The van der Waals surface area contributed by atoms with Gasteiger partial charge in [-0.1, -0.05) is 17.3 Å². The molecular weight excluding hydrogens is 474 g/mol. The van der Waals surface area contributed by atoms with Gasteiger partial charge in [0.15, 0.2) is 5.82 Å². The van der Waals surface area contributed by atoms with Crippen LogP contribution in [-0.4, -0.2) is 73.9 Å². The van der Waals surface area contributed by atoms with Crippen LogP contribution < -0.4 is 15.8 Å². The fourth-order valence-corrected chi connectivity index (χ4v) is 4.59. The Labute approximate surface area is 214 Å². The molecule has 12 heteroatoms. The van der Waals surface area contributed by atoms with Crippen molar-refractivity contribution in [1.82, 2.24) is 34.7 Å². The van der Waals surface area contributed by atoms with Gasteiger partial charge in [-0.3, -0.25) is 14.4 Å². The molecule has 12 nitrogen and oxygen atoms in total. The van der Waals surface area contributed by atoms with Gasteiger partial charge in [0.25, 0.3) is 0 Å². The number of nitrogens with one attached hydrogen (secondary N) is 1. The maximum Gasteiger partial charge on any atom is 0.222 e. The third-order valence-corrected chi connectivity index (χ3v) is 6.51. The Morgan fingerprint density at radius 2 is 1.97 bits per heavy atom. The SMILES string of the molecule is COc1cc(CN2CCN(C(C)=O)CC2)ccc1Cn1ncc2nc(N)nc(NCc3cc(C)on3)c21. The molecule has 0 unspecified atom stereocenters. The van der Waals surface area contributed by atoms with E-state index in [1.165, 1.54) is 0 Å². The summed E-state index contributed by atoms with van der Waals surface area (Å²) in [5, 5.41) is 11.9. The number of anilines is 2. The summed E-state index contributed by atoms with van der Waals surface area (Å²) in [7, 11) is 1.67. The van der Waals surface area contributed by atoms with Gasteiger partial charge in [0.05, 0.1) is 26.4 Å². The fourth-order valence-electron chi connectivity index (χ4n) is 4.59. The van der Waals surface area contributed by atoms with E-state index in [1.807, 2.05) is 22.6 Å². The van der Waals surface area contributed by atoms with Crippen molar-refractivity contribution in [3.8, 4) is 5.75 Å². The number of nitrogen functional groups attached to an aromatic ring is 1. The molecule has 0 bridgehead atoms. The zero-order valence-corrected chi connectivity index (χ0v) is 21.3. The molecule has 0 saturated carbocycles. The van der Waals surface area contributed by atoms with E-state index in [1.54, 1.807) is 20.2 Å². The van der Waals surface area contributed by atoms with Gasteiger partial charge in [-0.05, 0) is 18.6 Å². The zero-order valence-electron chi connectivity index (χ0n) is 21.3. The molecule has 4 aromatic rings. The zero-order chi connectivity index (χ0) is 25.9. The largest absolute Gasteiger partial charge is 0.496 e. The Balaban J connectivity index is 1.34. The van der Waals surface area contributed by atoms with Gasteiger partial charge in [-0.25, -0.2) is 4.98 Å². The highest BCUT2D eigenvalue weighted by Gasteiger charge is 2.20. The standard InChI is InChI=1S/C25H31N9O3/c1-16-10-20(31-37-16)12-27-24-23-21(29-25(26)30-24)13-28-34(23)15-19-5-4-18(11-22(19)36-3)14-32-6-8-33(9-7-32)17(2)35/h4-5,10-11,13H,6-9,12,14-15H2,1-3H3,(H3,26,27,29,30). The molecule has 0 spiro atoms. The highest BCUT2D eigenvalue weighted by Crippen LogP contribution is 2.27. The second-order valence-electron chi connectivity index (χ2n) is 9.18. The van der Waals surface area contributed by atoms with Crippen LogP contribution in [0.3, 0.4) is 0 Å². The summed E-state index contributed by atoms with van der Waals surface area (Å²) in [5.74, 6) is 2.39. The number of hydrogen-bond acceptors (Lipinski definition) is 10. The van der Waals surface area contributed by atoms with Crippen LogP contribution in [0.1, 0.15) is 29.5 Å². The van der Waals surface area contributed by atoms with E-state index in [4.69, 9.17) is 15.0 Å². The van der Waals surface area contributed by atoms with Crippen LogP contribution in [0.15, 0.2) is 35.0 Å². The number of piperazine rings is 1. The van der Waals surface area contributed by atoms with Crippen molar-refractivity contribution in [2.75, 3.05) is 44.3 Å². The van der Waals surface area contributed by atoms with Crippen molar-refractivity contribution in [2.45, 2.75) is 33.5 Å². The fraction of sp³-hybridized carbons (Fsp3) is 0.400. The molecule has 3 N–H and O–H groups in total. The first kappa shape index (κ1) is 24.5. The molecular formula is C25H31N9O3. The van der Waals surface area contributed by atoms with Gasteiger partial charge >= 0.3 is 0 Å². The minimum Gasteiger partial charge on any atom is -0.496 e. The second-order valence-corrected chi connectivity index (χ2v) is 9.18. The lowest BCUT2D eigenvalue weighted by Gasteiger charge is -2.34. The number of aryl methyl sites for hydroxylation is 1. The summed E-state index contributed by atoms with van der Waals surface area (Å²) in [6, 6.07) is 8.11. The molecule has 0 atom stereocenters. The topological polar surface area (TPSA) is 140 Å². The van der Waals surface area contributed by atoms with Crippen LogP contribution in [0, 0.1) is 6.92 Å². The normalized spacial score (nSPS) is 14.3. The van der Waals surface area contributed by atoms with Crippen molar-refractivity contribution in [3.05, 3.63) is 53.0 Å². The molecule has 4 heterocycles. The highest BCUT2D eigenvalue weighted by atomic mass is 16.5. The highest BCUT2D eigenvalue weighted by molar-refractivity contribution is 5.86. The summed E-state index contributed by atoms with van der Waals surface area (Å²) in [5.41, 5.74) is 10.2. The number of nitrogens with two attached hydrogens (primary N) is 1. The third kappa shape index (κ3) is 5.48. The van der Waals surface area contributed by atoms with Crippen molar-refractivity contribution in [2.24, 2.45) is 0 Å². The summed E-state index contributed by atoms with van der Waals surface area (Å²) < 4.78 is 12.7. The Bertz CT molecular complexity index is 1410. The number of benzene rings is 1. The average Bonchev–Trinajstić information content (AvgIpc) is 3.49. The Kier molecular flexibility index (Phi) is 6.91. The van der Waals surface area contributed by atoms with Gasteiger partial charge in [0, 0.05) is 51.3 Å². The number of nitrogens with zero attached hydrogens (tertiary/aromatic N) is 7. The number of rotatable bonds is 8. The van der Waals surface area contributed by atoms with Crippen LogP contribution in [0.4, 0.5) is 11.8 Å². The van der Waals surface area contributed by atoms with Gasteiger partial charge in [-0.15, -0.1) is 0 Å². The number of amides is 1. The van der Waals surface area contributed by atoms with E-state index in [9.17, 15) is 4.79 Å². The van der Waals surface area contributed by atoms with Gasteiger partial charge in [-0.2, -0.15) is 10.1 Å². The quantitative estimate of drug-likeness (QED) is 0.365. The van der Waals surface area contributed by atoms with Crippen molar-refractivity contribution in [1.29, 1.82) is 0 Å². The van der Waals surface area contributed by atoms with E-state index in [0.717, 1.165) is 66.6 Å². The third-order valence-electron chi connectivity index (χ3n) is 6.51. The molecule has 1 aliphatic heterocycles. The lowest BCUT2D eigenvalue weighted by atomic mass is 10.1. The Morgan fingerprint density at radius 3 is 2.68 bits per heavy atom. The number of hydrogen-bond donors (Lipinski definition) is 2. The van der Waals surface area contributed by atoms with Gasteiger partial charge < -0.3 is 25.2 Å². The van der Waals surface area contributed by atoms with Gasteiger partial charge in [0.2, 0.25) is 11.9 Å². The van der Waals surface area contributed by atoms with E-state index in [2.05, 4.69) is 48.6 Å². The summed E-state index contributed by atoms with van der Waals surface area (Å²) in [4.78, 5) is 24.6. The second kappa shape index (κ2) is 10.4. The van der Waals surface area contributed by atoms with Crippen molar-refractivity contribution >= 4 is 28.7 Å². The number of methoxy groups -OCH3 is 1. The average molecular weight is 506 g/mol. The molecule has 1 saturated heterocycles. The number of carbonyl (C=O) groups excluding carboxylic acids is 1. The summed E-state index contributed by atoms with van der Waals surface area (Å²) in [6.07, 6.45) is 1.68. The number of aromatic nitrogens is 5. The maximum absolute atomic E-state index is 11.6. The lowest BCUT2D eigenvalue weighted by Crippen LogP contribution is -2.47. The minimum absolute atomic E-state index is 0.136. The number of carbonyl (C=O) groups is 1. The molecule has 1 aromatic carbocycles. The predicted molar refractivity (Wildman–Crippen MR) is 138 cm³/mol. The van der Waals surface area contributed by atoms with Crippen molar-refractivity contribution in [3.63, 3.8) is 0 Å². The van der Waals surface area contributed by atoms with E-state index >= 15 is 0 Å². The molecule has 5 rings (SSSR count). The molecule has 1 fully saturated rings. The molecule has 0 aliphatic carbocycles. The van der Waals surface area contributed by atoms with Crippen LogP contribution in [0.25, 0.3) is 11.0 Å². The lowest BCUT2D eigenvalue weighted by molar-refractivity contribution is -0.130. The first-order valence-electron chi connectivity index (χ1n) is 12.2. The van der Waals surface area contributed by atoms with E-state index in [0.29, 0.717) is 24.4 Å². The van der Waals surface area contributed by atoms with Gasteiger partial charge in [0.1, 0.15) is 28.2 Å². The van der Waals surface area contributed by atoms with Crippen LogP contribution in [0.5, 0.6) is 5.75 Å². The monoisotopic (exact) mass is 505 g/mol. The maximum atomic E-state index is 11.6. The Hall–Kier alpha value is -4.19. The van der Waals surface area contributed by atoms with Crippen LogP contribution in [0.2, 0.25) is 0 Å². The first-order chi connectivity index (χ1) is 17.9. The summed E-state index contributed by atoms with van der Waals surface area (Å²) in [6.45, 7) is 8.40. The number of ether oxygens (including phenoxy) is 1. The minimum atomic E-state index is 0.136. The molecule has 3 aromatic heterocycles. The smallest absolute Gasteiger partial charge is 0.222 e. The van der Waals surface area contributed by atoms with E-state index in [-0.39, 0.29) is 11.9 Å². The van der Waals surface area contributed by atoms with Crippen molar-refractivity contribution < 1.29 is 14.1 Å². The molecule has 1 aliphatic rings. The van der Waals surface area contributed by atoms with Crippen LogP contribution >= 0.6 is 0 Å². The predicted octanol–water partition coefficient (Wildman–Crippen LogP) is 2.04. The molecule has 0 radical (unpaired) electrons. The first-order valence-corrected chi connectivity index (χ1v) is 12.2. The Morgan fingerprint density at radius 1 is 1.16 bits per heavy atom. The number of fused-ring (bicyclic) bond motifs is 1. The van der Waals surface area contributed by atoms with E-state index < -0.39 is 0 Å². The molecule has 1 amide bonds. The summed E-state index contributed by atoms with van der Waals surface area (Å²) >= 11 is 0. The molecule has 194 valence electrons.